The fraction of sp³-hybridized carbons (Fsp3) is 0.588. The standard InChI is InChI=1S/C17H21F3N2O/c1-16-9-10-21(2)14(16)7-8-15(23)22(16)11-12-3-5-13(6-4-12)17(18,19)20/h3-6,14H,7-11H2,1-2H3/t14-,16-/m0/s1. The molecule has 0 aliphatic carbocycles. The lowest BCUT2D eigenvalue weighted by Crippen LogP contribution is -2.59. The third kappa shape index (κ3) is 2.84. The number of rotatable bonds is 2. The highest BCUT2D eigenvalue weighted by molar-refractivity contribution is 5.78. The van der Waals surface area contributed by atoms with E-state index in [2.05, 4.69) is 18.9 Å². The summed E-state index contributed by atoms with van der Waals surface area (Å²) in [7, 11) is 2.07. The van der Waals surface area contributed by atoms with Crippen molar-refractivity contribution in [1.29, 1.82) is 0 Å². The zero-order valence-electron chi connectivity index (χ0n) is 13.4. The van der Waals surface area contributed by atoms with Crippen LogP contribution in [0, 0.1) is 0 Å². The maximum atomic E-state index is 12.7. The Morgan fingerprint density at radius 1 is 1.26 bits per heavy atom. The molecule has 3 rings (SSSR count). The van der Waals surface area contributed by atoms with Crippen LogP contribution in [-0.2, 0) is 17.5 Å². The number of likely N-dealkylation sites (tertiary alicyclic amines) is 2. The number of fused-ring (bicyclic) bond motifs is 1. The van der Waals surface area contributed by atoms with E-state index < -0.39 is 11.7 Å². The van der Waals surface area contributed by atoms with Gasteiger partial charge in [0.15, 0.2) is 0 Å². The van der Waals surface area contributed by atoms with Gasteiger partial charge in [-0.05, 0) is 44.5 Å². The van der Waals surface area contributed by atoms with E-state index in [-0.39, 0.29) is 11.4 Å². The SMILES string of the molecule is CN1CC[C@@]2(C)[C@@H]1CCC(=O)N2Cc1ccc(C(F)(F)F)cc1. The van der Waals surface area contributed by atoms with Gasteiger partial charge in [-0.3, -0.25) is 4.79 Å². The predicted molar refractivity (Wildman–Crippen MR) is 80.7 cm³/mol. The smallest absolute Gasteiger partial charge is 0.331 e. The highest BCUT2D eigenvalue weighted by atomic mass is 19.4. The molecule has 2 aliphatic heterocycles. The summed E-state index contributed by atoms with van der Waals surface area (Å²) >= 11 is 0. The molecule has 0 radical (unpaired) electrons. The van der Waals surface area contributed by atoms with E-state index in [1.54, 1.807) is 0 Å². The Bertz CT molecular complexity index is 599. The van der Waals surface area contributed by atoms with E-state index in [1.807, 2.05) is 4.90 Å². The normalized spacial score (nSPS) is 29.0. The number of nitrogens with zero attached hydrogens (tertiary/aromatic N) is 2. The molecule has 2 saturated heterocycles. The van der Waals surface area contributed by atoms with Crippen molar-refractivity contribution in [3.05, 3.63) is 35.4 Å². The van der Waals surface area contributed by atoms with Crippen molar-refractivity contribution in [2.45, 2.75) is 50.5 Å². The second-order valence-electron chi connectivity index (χ2n) is 6.82. The molecule has 0 bridgehead atoms. The number of hydrogen-bond acceptors (Lipinski definition) is 2. The van der Waals surface area contributed by atoms with Crippen molar-refractivity contribution in [2.75, 3.05) is 13.6 Å². The molecule has 1 aromatic rings. The van der Waals surface area contributed by atoms with Crippen molar-refractivity contribution in [3.8, 4) is 0 Å². The number of benzene rings is 1. The summed E-state index contributed by atoms with van der Waals surface area (Å²) in [6.45, 7) is 3.41. The molecule has 2 atom stereocenters. The minimum absolute atomic E-state index is 0.0962. The van der Waals surface area contributed by atoms with Crippen LogP contribution in [0.3, 0.4) is 0 Å². The van der Waals surface area contributed by atoms with Crippen LogP contribution < -0.4 is 0 Å². The van der Waals surface area contributed by atoms with Crippen LogP contribution in [0.25, 0.3) is 0 Å². The van der Waals surface area contributed by atoms with E-state index >= 15 is 0 Å². The van der Waals surface area contributed by atoms with Crippen molar-refractivity contribution in [2.24, 2.45) is 0 Å². The van der Waals surface area contributed by atoms with E-state index in [1.165, 1.54) is 12.1 Å². The van der Waals surface area contributed by atoms with Gasteiger partial charge in [0, 0.05) is 25.6 Å². The molecule has 0 unspecified atom stereocenters. The minimum Gasteiger partial charge on any atom is -0.331 e. The third-order valence-corrected chi connectivity index (χ3v) is 5.39. The average Bonchev–Trinajstić information content (AvgIpc) is 2.78. The van der Waals surface area contributed by atoms with Crippen LogP contribution in [0.2, 0.25) is 0 Å². The highest BCUT2D eigenvalue weighted by Gasteiger charge is 2.50. The zero-order chi connectivity index (χ0) is 16.8. The number of amides is 1. The number of carbonyl (C=O) groups is 1. The molecule has 0 aromatic heterocycles. The molecule has 0 N–H and O–H groups in total. The van der Waals surface area contributed by atoms with Crippen molar-refractivity contribution in [3.63, 3.8) is 0 Å². The highest BCUT2D eigenvalue weighted by Crippen LogP contribution is 2.40. The topological polar surface area (TPSA) is 23.6 Å². The van der Waals surface area contributed by atoms with Gasteiger partial charge in [0.05, 0.1) is 11.1 Å². The lowest BCUT2D eigenvalue weighted by atomic mass is 9.83. The molecular weight excluding hydrogens is 305 g/mol. The summed E-state index contributed by atoms with van der Waals surface area (Å²) < 4.78 is 38.0. The fourth-order valence-electron chi connectivity index (χ4n) is 3.98. The van der Waals surface area contributed by atoms with Crippen molar-refractivity contribution in [1.82, 2.24) is 9.80 Å². The minimum atomic E-state index is -4.33. The Morgan fingerprint density at radius 3 is 2.52 bits per heavy atom. The number of piperidine rings is 1. The number of likely N-dealkylation sites (N-methyl/N-ethyl adjacent to an activating group) is 1. The Hall–Kier alpha value is -1.56. The van der Waals surface area contributed by atoms with Gasteiger partial charge >= 0.3 is 6.18 Å². The second-order valence-corrected chi connectivity index (χ2v) is 6.82. The molecule has 3 nitrogen and oxygen atoms in total. The summed E-state index contributed by atoms with van der Waals surface area (Å²) in [5, 5.41) is 0. The van der Waals surface area contributed by atoms with Gasteiger partial charge in [-0.25, -0.2) is 0 Å². The third-order valence-electron chi connectivity index (χ3n) is 5.39. The Morgan fingerprint density at radius 2 is 1.91 bits per heavy atom. The molecule has 6 heteroatoms. The number of hydrogen-bond donors (Lipinski definition) is 0. The van der Waals surface area contributed by atoms with Crippen LogP contribution >= 0.6 is 0 Å². The maximum absolute atomic E-state index is 12.7. The molecular formula is C17H21F3N2O. The van der Waals surface area contributed by atoms with E-state index in [4.69, 9.17) is 0 Å². The predicted octanol–water partition coefficient (Wildman–Crippen LogP) is 3.29. The lowest BCUT2D eigenvalue weighted by molar-refractivity contribution is -0.144. The van der Waals surface area contributed by atoms with Crippen LogP contribution in [-0.4, -0.2) is 40.9 Å². The van der Waals surface area contributed by atoms with Crippen molar-refractivity contribution >= 4 is 5.91 Å². The van der Waals surface area contributed by atoms with Gasteiger partial charge in [-0.2, -0.15) is 13.2 Å². The molecule has 1 amide bonds. The maximum Gasteiger partial charge on any atom is 0.416 e. The average molecular weight is 326 g/mol. The molecule has 2 fully saturated rings. The quantitative estimate of drug-likeness (QED) is 0.833. The summed E-state index contributed by atoms with van der Waals surface area (Å²) in [4.78, 5) is 16.6. The monoisotopic (exact) mass is 326 g/mol. The first-order valence-corrected chi connectivity index (χ1v) is 7.89. The molecule has 1 aromatic carbocycles. The lowest BCUT2D eigenvalue weighted by Gasteiger charge is -2.47. The van der Waals surface area contributed by atoms with E-state index in [0.717, 1.165) is 37.1 Å². The zero-order valence-corrected chi connectivity index (χ0v) is 13.4. The largest absolute Gasteiger partial charge is 0.416 e. The van der Waals surface area contributed by atoms with Gasteiger partial charge in [0.2, 0.25) is 5.91 Å². The van der Waals surface area contributed by atoms with Crippen LogP contribution in [0.15, 0.2) is 24.3 Å². The van der Waals surface area contributed by atoms with E-state index in [9.17, 15) is 18.0 Å². The summed E-state index contributed by atoms with van der Waals surface area (Å²) in [5.74, 6) is 0.0962. The number of halogens is 3. The van der Waals surface area contributed by atoms with Gasteiger partial charge in [0.1, 0.15) is 0 Å². The number of carbonyl (C=O) groups excluding carboxylic acids is 1. The van der Waals surface area contributed by atoms with Crippen LogP contribution in [0.1, 0.15) is 37.3 Å². The number of alkyl halides is 3. The first-order chi connectivity index (χ1) is 10.7. The Kier molecular flexibility index (Phi) is 3.91. The van der Waals surface area contributed by atoms with Crippen LogP contribution in [0.4, 0.5) is 13.2 Å². The first-order valence-electron chi connectivity index (χ1n) is 7.89. The van der Waals surface area contributed by atoms with E-state index in [0.29, 0.717) is 19.0 Å². The van der Waals surface area contributed by atoms with Gasteiger partial charge < -0.3 is 9.80 Å². The van der Waals surface area contributed by atoms with Gasteiger partial charge in [-0.1, -0.05) is 12.1 Å². The Labute approximate surface area is 134 Å². The van der Waals surface area contributed by atoms with Gasteiger partial charge in [-0.15, -0.1) is 0 Å². The van der Waals surface area contributed by atoms with Crippen LogP contribution in [0.5, 0.6) is 0 Å². The molecule has 0 saturated carbocycles. The Balaban J connectivity index is 1.82. The summed E-state index contributed by atoms with van der Waals surface area (Å²) in [6, 6.07) is 5.45. The summed E-state index contributed by atoms with van der Waals surface area (Å²) in [5.41, 5.74) is -0.147. The molecule has 23 heavy (non-hydrogen) atoms. The molecule has 126 valence electrons. The molecule has 2 heterocycles. The summed E-state index contributed by atoms with van der Waals surface area (Å²) in [6.07, 6.45) is -2.06. The van der Waals surface area contributed by atoms with Gasteiger partial charge in [0.25, 0.3) is 0 Å². The molecule has 2 aliphatic rings. The first kappa shape index (κ1) is 16.3. The second kappa shape index (κ2) is 5.51. The van der Waals surface area contributed by atoms with Crippen molar-refractivity contribution < 1.29 is 18.0 Å². The fourth-order valence-corrected chi connectivity index (χ4v) is 3.98. The molecule has 0 spiro atoms.